The first-order chi connectivity index (χ1) is 20.2. The van der Waals surface area contributed by atoms with E-state index in [0.717, 1.165) is 18.3 Å². The fourth-order valence-corrected chi connectivity index (χ4v) is 8.24. The van der Waals surface area contributed by atoms with Gasteiger partial charge < -0.3 is 5.11 Å². The maximum atomic E-state index is 14.2. The molecular weight excluding hydrogens is 758 g/mol. The number of imide groups is 2. The van der Waals surface area contributed by atoms with E-state index in [1.807, 2.05) is 42.5 Å². The summed E-state index contributed by atoms with van der Waals surface area (Å²) in [5, 5.41) is 10.3. The highest BCUT2D eigenvalue weighted by molar-refractivity contribution is 14.1. The lowest BCUT2D eigenvalue weighted by Gasteiger charge is -2.44. The second-order valence-corrected chi connectivity index (χ2v) is 14.0. The monoisotopic (exact) mass is 784 g/mol. The first-order valence-electron chi connectivity index (χ1n) is 13.9. The van der Waals surface area contributed by atoms with Gasteiger partial charge in [0, 0.05) is 13.1 Å². The topological polar surface area (TPSA) is 95.0 Å². The summed E-state index contributed by atoms with van der Waals surface area (Å²) in [7, 11) is 0. The van der Waals surface area contributed by atoms with Crippen molar-refractivity contribution in [1.29, 1.82) is 0 Å². The maximum absolute atomic E-state index is 14.2. The third-order valence-electron chi connectivity index (χ3n) is 9.40. The van der Waals surface area contributed by atoms with E-state index >= 15 is 0 Å². The van der Waals surface area contributed by atoms with E-state index in [9.17, 15) is 24.3 Å². The van der Waals surface area contributed by atoms with Crippen LogP contribution in [-0.2, 0) is 19.2 Å². The number of carbonyl (C=O) groups excluding carboxylic acids is 4. The Balaban J connectivity index is 1.33. The minimum absolute atomic E-state index is 0.152. The fraction of sp³-hybridized carbons (Fsp3) is 0.273. The molecule has 2 aliphatic heterocycles. The number of phenols is 1. The number of phenolic OH excluding ortho intramolecular Hbond substituents is 1. The van der Waals surface area contributed by atoms with Gasteiger partial charge in [0.05, 0.1) is 35.0 Å². The number of halogens is 2. The zero-order chi connectivity index (χ0) is 29.4. The van der Waals surface area contributed by atoms with Crippen LogP contribution >= 0.6 is 45.2 Å². The molecule has 2 saturated heterocycles. The number of benzene rings is 3. The van der Waals surface area contributed by atoms with Crippen LogP contribution in [0.3, 0.4) is 0 Å². The Labute approximate surface area is 270 Å². The number of aromatic hydroxyl groups is 1. The molecule has 2 heterocycles. The van der Waals surface area contributed by atoms with Gasteiger partial charge in [-0.2, -0.15) is 0 Å². The second kappa shape index (κ2) is 10.3. The molecule has 0 spiro atoms. The van der Waals surface area contributed by atoms with E-state index in [1.54, 1.807) is 37.3 Å². The van der Waals surface area contributed by atoms with Crippen LogP contribution in [0.4, 0.5) is 11.4 Å². The number of hydrogen-bond acceptors (Lipinski definition) is 5. The molecule has 3 aromatic rings. The summed E-state index contributed by atoms with van der Waals surface area (Å²) in [5.41, 5.74) is 3.53. The maximum Gasteiger partial charge on any atom is 0.238 e. The Bertz CT molecular complexity index is 1700. The molecule has 0 radical (unpaired) electrons. The second-order valence-electron chi connectivity index (χ2n) is 11.5. The number of aryl methyl sites for hydroxylation is 1. The average Bonchev–Trinajstić information content (AvgIpc) is 3.38. The molecule has 1 saturated carbocycles. The van der Waals surface area contributed by atoms with Gasteiger partial charge in [-0.15, -0.1) is 0 Å². The Morgan fingerprint density at radius 3 is 1.81 bits per heavy atom. The van der Waals surface area contributed by atoms with Gasteiger partial charge in [0.1, 0.15) is 5.75 Å². The summed E-state index contributed by atoms with van der Waals surface area (Å²) in [6, 6.07) is 19.9. The molecule has 1 N–H and O–H groups in total. The molecule has 42 heavy (non-hydrogen) atoms. The van der Waals surface area contributed by atoms with Crippen molar-refractivity contribution in [2.24, 2.45) is 29.6 Å². The first-order valence-corrected chi connectivity index (χ1v) is 16.1. The number of allylic oxidation sites excluding steroid dienone is 2. The van der Waals surface area contributed by atoms with Crippen molar-refractivity contribution in [2.45, 2.75) is 25.7 Å². The van der Waals surface area contributed by atoms with Crippen molar-refractivity contribution >= 4 is 80.2 Å². The molecule has 3 fully saturated rings. The number of carbonyl (C=O) groups is 4. The number of anilines is 2. The third kappa shape index (κ3) is 4.17. The van der Waals surface area contributed by atoms with E-state index in [2.05, 4.69) is 45.2 Å². The van der Waals surface area contributed by atoms with E-state index < -0.39 is 29.6 Å². The highest BCUT2D eigenvalue weighted by atomic mass is 127. The van der Waals surface area contributed by atoms with Crippen LogP contribution in [0.25, 0.3) is 0 Å². The van der Waals surface area contributed by atoms with Crippen molar-refractivity contribution in [3.05, 3.63) is 96.6 Å². The standard InChI is InChI=1S/C33H26I2N2O5/c1-16-14-17(2-13-26(16)38)27-22-11-12-23-28(32(41)36(30(23)39)20-7-3-18(34)4-8-20)24(22)15-25-29(27)33(42)37(31(25)40)21-9-5-19(35)6-10-21/h2-11,13-14,23-25,27-29,38H,12,15H2,1H3/t23-,24+,25+,27-,28-,29+/m0/s1. The van der Waals surface area contributed by atoms with Gasteiger partial charge >= 0.3 is 0 Å². The summed E-state index contributed by atoms with van der Waals surface area (Å²) in [6.07, 6.45) is 2.77. The van der Waals surface area contributed by atoms with Crippen molar-refractivity contribution < 1.29 is 24.3 Å². The van der Waals surface area contributed by atoms with Crippen LogP contribution in [0, 0.1) is 43.7 Å². The van der Waals surface area contributed by atoms with E-state index in [1.165, 1.54) is 9.80 Å². The molecule has 3 aromatic carbocycles. The van der Waals surface area contributed by atoms with E-state index in [-0.39, 0.29) is 35.3 Å². The minimum Gasteiger partial charge on any atom is -0.508 e. The quantitative estimate of drug-likeness (QED) is 0.201. The van der Waals surface area contributed by atoms with Crippen molar-refractivity contribution in [2.75, 3.05) is 9.80 Å². The highest BCUT2D eigenvalue weighted by Gasteiger charge is 2.62. The average molecular weight is 784 g/mol. The minimum atomic E-state index is -0.640. The SMILES string of the molecule is Cc1cc([C@H]2C3=CC[C@@H]4C(=O)N(c5ccc(I)cc5)C(=O)[C@@H]4[C@@H]3C[C@H]3C(=O)N(c4ccc(I)cc4)C(=O)[C@@H]23)ccc1O. The Kier molecular flexibility index (Phi) is 6.80. The predicted octanol–water partition coefficient (Wildman–Crippen LogP) is 5.96. The molecule has 4 aliphatic rings. The zero-order valence-corrected chi connectivity index (χ0v) is 26.9. The predicted molar refractivity (Wildman–Crippen MR) is 174 cm³/mol. The van der Waals surface area contributed by atoms with Crippen molar-refractivity contribution in [1.82, 2.24) is 0 Å². The molecule has 7 nitrogen and oxygen atoms in total. The first kappa shape index (κ1) is 27.8. The van der Waals surface area contributed by atoms with Crippen molar-refractivity contribution in [3.8, 4) is 5.75 Å². The van der Waals surface area contributed by atoms with Crippen LogP contribution in [0.15, 0.2) is 78.4 Å². The van der Waals surface area contributed by atoms with Crippen LogP contribution in [0.5, 0.6) is 5.75 Å². The lowest BCUT2D eigenvalue weighted by atomic mass is 9.57. The van der Waals surface area contributed by atoms with Gasteiger partial charge in [-0.25, -0.2) is 0 Å². The number of rotatable bonds is 3. The van der Waals surface area contributed by atoms with Crippen LogP contribution < -0.4 is 9.80 Å². The number of hydrogen-bond donors (Lipinski definition) is 1. The molecular formula is C33H26I2N2O5. The fourth-order valence-electron chi connectivity index (χ4n) is 7.52. The molecule has 7 rings (SSSR count). The summed E-state index contributed by atoms with van der Waals surface area (Å²) in [5.74, 6) is -4.01. The number of nitrogens with zero attached hydrogens (tertiary/aromatic N) is 2. The smallest absolute Gasteiger partial charge is 0.238 e. The lowest BCUT2D eigenvalue weighted by molar-refractivity contribution is -0.126. The van der Waals surface area contributed by atoms with E-state index in [0.29, 0.717) is 29.8 Å². The zero-order valence-electron chi connectivity index (χ0n) is 22.5. The van der Waals surface area contributed by atoms with Crippen LogP contribution in [0.1, 0.15) is 29.9 Å². The highest BCUT2D eigenvalue weighted by Crippen LogP contribution is 2.58. The van der Waals surface area contributed by atoms with Gasteiger partial charge in [0.25, 0.3) is 0 Å². The van der Waals surface area contributed by atoms with Gasteiger partial charge in [0.15, 0.2) is 0 Å². The molecule has 0 aromatic heterocycles. The third-order valence-corrected chi connectivity index (χ3v) is 10.8. The Morgan fingerprint density at radius 2 is 1.24 bits per heavy atom. The largest absolute Gasteiger partial charge is 0.508 e. The molecule has 9 heteroatoms. The number of amides is 4. The molecule has 0 unspecified atom stereocenters. The Morgan fingerprint density at radius 1 is 0.690 bits per heavy atom. The summed E-state index contributed by atoms with van der Waals surface area (Å²) < 4.78 is 2.00. The van der Waals surface area contributed by atoms with E-state index in [4.69, 9.17) is 0 Å². The molecule has 212 valence electrons. The lowest BCUT2D eigenvalue weighted by Crippen LogP contribution is -2.43. The Hall–Kier alpha value is -3.06. The summed E-state index contributed by atoms with van der Waals surface area (Å²) >= 11 is 4.38. The van der Waals surface area contributed by atoms with Crippen LogP contribution in [-0.4, -0.2) is 28.7 Å². The molecule has 2 aliphatic carbocycles. The molecule has 6 atom stereocenters. The van der Waals surface area contributed by atoms with Crippen molar-refractivity contribution in [3.63, 3.8) is 0 Å². The number of fused-ring (bicyclic) bond motifs is 4. The molecule has 4 amide bonds. The summed E-state index contributed by atoms with van der Waals surface area (Å²) in [4.78, 5) is 58.6. The van der Waals surface area contributed by atoms with Gasteiger partial charge in [0.2, 0.25) is 23.6 Å². The van der Waals surface area contributed by atoms with Crippen LogP contribution in [0.2, 0.25) is 0 Å². The van der Waals surface area contributed by atoms with Gasteiger partial charge in [-0.05, 0) is 137 Å². The summed E-state index contributed by atoms with van der Waals surface area (Å²) in [6.45, 7) is 1.81. The molecule has 0 bridgehead atoms. The van der Waals surface area contributed by atoms with Gasteiger partial charge in [-0.1, -0.05) is 23.8 Å². The normalized spacial score (nSPS) is 28.5. The van der Waals surface area contributed by atoms with Gasteiger partial charge in [-0.3, -0.25) is 29.0 Å².